The third-order valence-corrected chi connectivity index (χ3v) is 4.96. The van der Waals surface area contributed by atoms with Crippen molar-refractivity contribution in [3.63, 3.8) is 0 Å². The van der Waals surface area contributed by atoms with E-state index in [0.717, 1.165) is 22.0 Å². The second-order valence-corrected chi connectivity index (χ2v) is 7.14. The van der Waals surface area contributed by atoms with Crippen LogP contribution in [0.3, 0.4) is 0 Å². The monoisotopic (exact) mass is 414 g/mol. The molecule has 0 unspecified atom stereocenters. The van der Waals surface area contributed by atoms with E-state index in [0.29, 0.717) is 16.3 Å². The van der Waals surface area contributed by atoms with E-state index in [9.17, 15) is 4.79 Å². The molecular weight excluding hydrogens is 396 g/mol. The molecule has 0 atom stereocenters. The molecule has 0 saturated carbocycles. The number of halogens is 1. The van der Waals surface area contributed by atoms with E-state index in [-0.39, 0.29) is 0 Å². The van der Waals surface area contributed by atoms with Crippen LogP contribution in [0, 0.1) is 0 Å². The number of esters is 1. The highest BCUT2D eigenvalue weighted by molar-refractivity contribution is 6.30. The van der Waals surface area contributed by atoms with Crippen LogP contribution in [0.1, 0.15) is 15.9 Å². The zero-order chi connectivity index (χ0) is 20.9. The van der Waals surface area contributed by atoms with Crippen LogP contribution in [0.15, 0.2) is 96.1 Å². The van der Waals surface area contributed by atoms with Crippen molar-refractivity contribution in [1.29, 1.82) is 0 Å². The third kappa shape index (κ3) is 4.34. The van der Waals surface area contributed by atoms with Gasteiger partial charge in [0, 0.05) is 17.6 Å². The first-order chi connectivity index (χ1) is 14.6. The Balaban J connectivity index is 1.70. The van der Waals surface area contributed by atoms with Crippen molar-refractivity contribution in [3.05, 3.63) is 107 Å². The number of rotatable bonds is 5. The molecule has 0 amide bonds. The number of hydrazone groups is 1. The van der Waals surface area contributed by atoms with Gasteiger partial charge in [-0.25, -0.2) is 4.79 Å². The second-order valence-electron chi connectivity index (χ2n) is 6.70. The normalized spacial score (nSPS) is 11.0. The Labute approximate surface area is 180 Å². The summed E-state index contributed by atoms with van der Waals surface area (Å²) in [5.41, 5.74) is 2.11. The standard InChI is InChI=1S/C25H19ClN2O2/c1-28(21-8-3-2-4-9-21)27-17-23-22-10-6-5-7-18(22)13-16-24(23)30-25(29)19-11-14-20(26)15-12-19/h2-17H,1H3/b27-17+. The number of para-hydroxylation sites is 1. The summed E-state index contributed by atoms with van der Waals surface area (Å²) < 4.78 is 5.73. The van der Waals surface area contributed by atoms with E-state index in [2.05, 4.69) is 5.10 Å². The molecule has 30 heavy (non-hydrogen) atoms. The summed E-state index contributed by atoms with van der Waals surface area (Å²) in [6.07, 6.45) is 1.72. The number of benzene rings is 4. The number of ether oxygens (including phenoxy) is 1. The van der Waals surface area contributed by atoms with Gasteiger partial charge in [-0.2, -0.15) is 5.10 Å². The molecule has 0 aliphatic carbocycles. The van der Waals surface area contributed by atoms with Gasteiger partial charge in [-0.05, 0) is 53.2 Å². The van der Waals surface area contributed by atoms with Crippen LogP contribution in [0.5, 0.6) is 5.75 Å². The molecule has 0 saturated heterocycles. The van der Waals surface area contributed by atoms with Gasteiger partial charge in [-0.3, -0.25) is 5.01 Å². The van der Waals surface area contributed by atoms with Gasteiger partial charge in [-0.1, -0.05) is 60.1 Å². The van der Waals surface area contributed by atoms with Crippen LogP contribution in [-0.4, -0.2) is 19.2 Å². The van der Waals surface area contributed by atoms with E-state index in [1.807, 2.05) is 67.7 Å². The number of nitrogens with zero attached hydrogens (tertiary/aromatic N) is 2. The SMILES string of the molecule is CN(/N=C/c1c(OC(=O)c2ccc(Cl)cc2)ccc2ccccc12)c1ccccc1. The van der Waals surface area contributed by atoms with Crippen LogP contribution in [0.4, 0.5) is 5.69 Å². The van der Waals surface area contributed by atoms with E-state index in [4.69, 9.17) is 16.3 Å². The zero-order valence-corrected chi connectivity index (χ0v) is 17.1. The molecule has 0 aliphatic rings. The van der Waals surface area contributed by atoms with Gasteiger partial charge >= 0.3 is 5.97 Å². The number of fused-ring (bicyclic) bond motifs is 1. The van der Waals surface area contributed by atoms with Crippen molar-refractivity contribution >= 4 is 40.2 Å². The molecule has 4 rings (SSSR count). The molecule has 4 nitrogen and oxygen atoms in total. The molecule has 0 radical (unpaired) electrons. The highest BCUT2D eigenvalue weighted by Gasteiger charge is 2.14. The minimum atomic E-state index is -0.451. The number of anilines is 1. The van der Waals surface area contributed by atoms with Crippen LogP contribution < -0.4 is 9.75 Å². The first-order valence-electron chi connectivity index (χ1n) is 9.44. The minimum absolute atomic E-state index is 0.428. The molecule has 4 aromatic rings. The molecular formula is C25H19ClN2O2. The Kier molecular flexibility index (Phi) is 5.77. The summed E-state index contributed by atoms with van der Waals surface area (Å²) in [5, 5.41) is 8.88. The first kappa shape index (κ1) is 19.7. The molecule has 4 aromatic carbocycles. The Morgan fingerprint density at radius 2 is 1.60 bits per heavy atom. The summed E-state index contributed by atoms with van der Waals surface area (Å²) >= 11 is 5.91. The average Bonchev–Trinajstić information content (AvgIpc) is 2.79. The highest BCUT2D eigenvalue weighted by Crippen LogP contribution is 2.28. The smallest absolute Gasteiger partial charge is 0.343 e. The van der Waals surface area contributed by atoms with Crippen LogP contribution >= 0.6 is 11.6 Å². The fourth-order valence-electron chi connectivity index (χ4n) is 3.10. The van der Waals surface area contributed by atoms with Gasteiger partial charge in [-0.15, -0.1) is 0 Å². The predicted molar refractivity (Wildman–Crippen MR) is 123 cm³/mol. The molecule has 0 bridgehead atoms. The predicted octanol–water partition coefficient (Wildman–Crippen LogP) is 6.18. The lowest BCUT2D eigenvalue weighted by Crippen LogP contribution is -2.11. The van der Waals surface area contributed by atoms with Gasteiger partial charge < -0.3 is 4.74 Å². The van der Waals surface area contributed by atoms with Crippen molar-refractivity contribution in [2.45, 2.75) is 0 Å². The summed E-state index contributed by atoms with van der Waals surface area (Å²) in [6.45, 7) is 0. The summed E-state index contributed by atoms with van der Waals surface area (Å²) in [7, 11) is 1.87. The quantitative estimate of drug-likeness (QED) is 0.169. The molecule has 0 aliphatic heterocycles. The van der Waals surface area contributed by atoms with Crippen molar-refractivity contribution in [3.8, 4) is 5.75 Å². The van der Waals surface area contributed by atoms with Crippen molar-refractivity contribution in [2.75, 3.05) is 12.1 Å². The zero-order valence-electron chi connectivity index (χ0n) is 16.3. The summed E-state index contributed by atoms with van der Waals surface area (Å²) in [6, 6.07) is 28.1. The average molecular weight is 415 g/mol. The number of carbonyl (C=O) groups is 1. The molecule has 0 heterocycles. The van der Waals surface area contributed by atoms with Gasteiger partial charge in [0.15, 0.2) is 0 Å². The molecule has 0 spiro atoms. The summed E-state index contributed by atoms with van der Waals surface area (Å²) in [4.78, 5) is 12.7. The molecule has 148 valence electrons. The van der Waals surface area contributed by atoms with Crippen LogP contribution in [0.25, 0.3) is 10.8 Å². The fraction of sp³-hybridized carbons (Fsp3) is 0.0400. The Bertz CT molecular complexity index is 1200. The lowest BCUT2D eigenvalue weighted by molar-refractivity contribution is 0.0735. The van der Waals surface area contributed by atoms with Crippen molar-refractivity contribution < 1.29 is 9.53 Å². The van der Waals surface area contributed by atoms with E-state index in [1.165, 1.54) is 0 Å². The lowest BCUT2D eigenvalue weighted by atomic mass is 10.0. The topological polar surface area (TPSA) is 41.9 Å². The Morgan fingerprint density at radius 1 is 0.900 bits per heavy atom. The molecule has 0 aromatic heterocycles. The third-order valence-electron chi connectivity index (χ3n) is 4.70. The summed E-state index contributed by atoms with van der Waals surface area (Å²) in [5.74, 6) is -0.00752. The van der Waals surface area contributed by atoms with Crippen LogP contribution in [-0.2, 0) is 0 Å². The fourth-order valence-corrected chi connectivity index (χ4v) is 3.22. The highest BCUT2D eigenvalue weighted by atomic mass is 35.5. The molecule has 0 N–H and O–H groups in total. The van der Waals surface area contributed by atoms with Gasteiger partial charge in [0.2, 0.25) is 0 Å². The molecule has 5 heteroatoms. The van der Waals surface area contributed by atoms with E-state index < -0.39 is 5.97 Å². The number of hydrogen-bond acceptors (Lipinski definition) is 4. The van der Waals surface area contributed by atoms with E-state index in [1.54, 1.807) is 41.6 Å². The number of carbonyl (C=O) groups excluding carboxylic acids is 1. The Hall–Kier alpha value is -3.63. The maximum Gasteiger partial charge on any atom is 0.343 e. The molecule has 0 fully saturated rings. The minimum Gasteiger partial charge on any atom is -0.422 e. The largest absolute Gasteiger partial charge is 0.422 e. The first-order valence-corrected chi connectivity index (χ1v) is 9.82. The maximum atomic E-state index is 12.7. The van der Waals surface area contributed by atoms with Crippen LogP contribution in [0.2, 0.25) is 5.02 Å². The maximum absolute atomic E-state index is 12.7. The second kappa shape index (κ2) is 8.80. The Morgan fingerprint density at radius 3 is 2.37 bits per heavy atom. The van der Waals surface area contributed by atoms with Gasteiger partial charge in [0.1, 0.15) is 5.75 Å². The van der Waals surface area contributed by atoms with E-state index >= 15 is 0 Å². The van der Waals surface area contributed by atoms with Crippen molar-refractivity contribution in [2.24, 2.45) is 5.10 Å². The lowest BCUT2D eigenvalue weighted by Gasteiger charge is -2.14. The van der Waals surface area contributed by atoms with Gasteiger partial charge in [0.05, 0.1) is 17.5 Å². The van der Waals surface area contributed by atoms with Crippen molar-refractivity contribution in [1.82, 2.24) is 0 Å². The van der Waals surface area contributed by atoms with Gasteiger partial charge in [0.25, 0.3) is 0 Å². The number of hydrogen-bond donors (Lipinski definition) is 0.